The number of ether oxygens (including phenoxy) is 1. The molecule has 132 valence electrons. The average Bonchev–Trinajstić information content (AvgIpc) is 2.80. The topological polar surface area (TPSA) is 83.9 Å². The Labute approximate surface area is 146 Å². The van der Waals surface area contributed by atoms with E-state index in [9.17, 15) is 19.5 Å². The zero-order valence-electron chi connectivity index (χ0n) is 14.5. The summed E-state index contributed by atoms with van der Waals surface area (Å²) in [6, 6.07) is 6.57. The number of hydrogen-bond donors (Lipinski definition) is 1. The van der Waals surface area contributed by atoms with E-state index >= 15 is 0 Å². The van der Waals surface area contributed by atoms with E-state index in [0.29, 0.717) is 17.9 Å². The summed E-state index contributed by atoms with van der Waals surface area (Å²) in [5.41, 5.74) is 0.196. The van der Waals surface area contributed by atoms with E-state index in [4.69, 9.17) is 4.74 Å². The SMILES string of the molecule is COc1ccc(N2C(=O)C[C@@H](C3=C(O)CC(C)(C)CC3=O)C2=O)cc1. The van der Waals surface area contributed by atoms with Crippen molar-refractivity contribution in [3.63, 3.8) is 0 Å². The molecule has 1 heterocycles. The van der Waals surface area contributed by atoms with Crippen LogP contribution in [0.4, 0.5) is 5.69 Å². The molecular weight excluding hydrogens is 322 g/mol. The molecule has 6 nitrogen and oxygen atoms in total. The van der Waals surface area contributed by atoms with Crippen LogP contribution in [0, 0.1) is 11.3 Å². The van der Waals surface area contributed by atoms with E-state index in [1.807, 2.05) is 13.8 Å². The Bertz CT molecular complexity index is 776. The number of allylic oxidation sites excluding steroid dienone is 1. The van der Waals surface area contributed by atoms with Crippen LogP contribution in [0.25, 0.3) is 0 Å². The number of carbonyl (C=O) groups is 3. The number of carbonyl (C=O) groups excluding carboxylic acids is 3. The van der Waals surface area contributed by atoms with Crippen LogP contribution in [0.1, 0.15) is 33.1 Å². The summed E-state index contributed by atoms with van der Waals surface area (Å²) in [5.74, 6) is -1.45. The van der Waals surface area contributed by atoms with Gasteiger partial charge < -0.3 is 9.84 Å². The molecule has 0 saturated carbocycles. The molecular formula is C19H21NO5. The summed E-state index contributed by atoms with van der Waals surface area (Å²) in [6.45, 7) is 3.78. The lowest BCUT2D eigenvalue weighted by molar-refractivity contribution is -0.124. The van der Waals surface area contributed by atoms with Gasteiger partial charge in [-0.3, -0.25) is 14.4 Å². The molecule has 1 aromatic rings. The minimum absolute atomic E-state index is 0.0658. The van der Waals surface area contributed by atoms with Crippen LogP contribution in [-0.2, 0) is 14.4 Å². The molecule has 25 heavy (non-hydrogen) atoms. The highest BCUT2D eigenvalue weighted by atomic mass is 16.5. The molecule has 1 saturated heterocycles. The van der Waals surface area contributed by atoms with E-state index in [1.54, 1.807) is 24.3 Å². The monoisotopic (exact) mass is 343 g/mol. The standard InChI is InChI=1S/C19H21NO5/c1-19(2)9-14(21)17(15(22)10-19)13-8-16(23)20(18(13)24)11-4-6-12(25-3)7-5-11/h4-7,13,21H,8-10H2,1-3H3/t13-/m0/s1. The van der Waals surface area contributed by atoms with Gasteiger partial charge in [0.25, 0.3) is 0 Å². The van der Waals surface area contributed by atoms with Crippen molar-refractivity contribution in [2.24, 2.45) is 11.3 Å². The van der Waals surface area contributed by atoms with Gasteiger partial charge in [0.05, 0.1) is 18.7 Å². The normalized spacial score (nSPS) is 23.4. The van der Waals surface area contributed by atoms with Crippen molar-refractivity contribution in [1.82, 2.24) is 0 Å². The lowest BCUT2D eigenvalue weighted by atomic mass is 9.73. The second kappa shape index (κ2) is 6.02. The third kappa shape index (κ3) is 3.04. The van der Waals surface area contributed by atoms with Gasteiger partial charge in [0.2, 0.25) is 11.8 Å². The summed E-state index contributed by atoms with van der Waals surface area (Å²) in [4.78, 5) is 38.7. The first-order valence-electron chi connectivity index (χ1n) is 8.19. The molecule has 1 aromatic carbocycles. The Morgan fingerprint density at radius 2 is 1.76 bits per heavy atom. The molecule has 6 heteroatoms. The third-order valence-corrected chi connectivity index (χ3v) is 4.72. The number of amides is 2. The zero-order valence-corrected chi connectivity index (χ0v) is 14.5. The van der Waals surface area contributed by atoms with Gasteiger partial charge in [-0.2, -0.15) is 0 Å². The molecule has 1 N–H and O–H groups in total. The summed E-state index contributed by atoms with van der Waals surface area (Å²) in [6.07, 6.45) is 0.484. The van der Waals surface area contributed by atoms with Crippen molar-refractivity contribution in [2.75, 3.05) is 12.0 Å². The number of nitrogens with zero attached hydrogens (tertiary/aromatic N) is 1. The number of methoxy groups -OCH3 is 1. The average molecular weight is 343 g/mol. The predicted molar refractivity (Wildman–Crippen MR) is 91.3 cm³/mol. The number of rotatable bonds is 3. The number of ketones is 1. The predicted octanol–water partition coefficient (Wildman–Crippen LogP) is 2.78. The Hall–Kier alpha value is -2.63. The summed E-state index contributed by atoms with van der Waals surface area (Å²) >= 11 is 0. The van der Waals surface area contributed by atoms with Gasteiger partial charge in [-0.1, -0.05) is 13.8 Å². The summed E-state index contributed by atoms with van der Waals surface area (Å²) in [5, 5.41) is 10.3. The van der Waals surface area contributed by atoms with Gasteiger partial charge in [0.1, 0.15) is 11.5 Å². The number of benzene rings is 1. The summed E-state index contributed by atoms with van der Waals surface area (Å²) in [7, 11) is 1.53. The van der Waals surface area contributed by atoms with Gasteiger partial charge >= 0.3 is 0 Å². The summed E-state index contributed by atoms with van der Waals surface area (Å²) < 4.78 is 5.08. The first-order chi connectivity index (χ1) is 11.7. The van der Waals surface area contributed by atoms with Crippen molar-refractivity contribution in [1.29, 1.82) is 0 Å². The Balaban J connectivity index is 1.92. The highest BCUT2D eigenvalue weighted by molar-refractivity contribution is 6.24. The Morgan fingerprint density at radius 3 is 2.32 bits per heavy atom. The molecule has 0 aromatic heterocycles. The Morgan fingerprint density at radius 1 is 1.12 bits per heavy atom. The van der Waals surface area contributed by atoms with Crippen molar-refractivity contribution in [2.45, 2.75) is 33.1 Å². The van der Waals surface area contributed by atoms with E-state index in [-0.39, 0.29) is 41.3 Å². The fourth-order valence-electron chi connectivity index (χ4n) is 3.56. The molecule has 0 radical (unpaired) electrons. The second-order valence-corrected chi connectivity index (χ2v) is 7.32. The van der Waals surface area contributed by atoms with Crippen molar-refractivity contribution < 1.29 is 24.2 Å². The lowest BCUT2D eigenvalue weighted by Crippen LogP contribution is -2.34. The smallest absolute Gasteiger partial charge is 0.242 e. The van der Waals surface area contributed by atoms with Crippen molar-refractivity contribution in [3.05, 3.63) is 35.6 Å². The van der Waals surface area contributed by atoms with Crippen molar-refractivity contribution >= 4 is 23.3 Å². The maximum atomic E-state index is 12.8. The highest BCUT2D eigenvalue weighted by Gasteiger charge is 2.46. The van der Waals surface area contributed by atoms with E-state index in [2.05, 4.69) is 0 Å². The van der Waals surface area contributed by atoms with Gasteiger partial charge in [0, 0.05) is 24.8 Å². The molecule has 0 spiro atoms. The number of imide groups is 1. The number of hydrogen-bond acceptors (Lipinski definition) is 5. The number of aliphatic hydroxyl groups excluding tert-OH is 1. The zero-order chi connectivity index (χ0) is 18.4. The fourth-order valence-corrected chi connectivity index (χ4v) is 3.56. The van der Waals surface area contributed by atoms with Crippen LogP contribution in [0.5, 0.6) is 5.75 Å². The maximum absolute atomic E-state index is 12.8. The van der Waals surface area contributed by atoms with Crippen LogP contribution in [0.2, 0.25) is 0 Å². The Kier molecular flexibility index (Phi) is 4.14. The van der Waals surface area contributed by atoms with E-state index in [1.165, 1.54) is 7.11 Å². The first kappa shape index (κ1) is 17.2. The fraction of sp³-hybridized carbons (Fsp3) is 0.421. The number of Topliss-reactive ketones (excluding diaryl/α,β-unsaturated/α-hetero) is 1. The van der Waals surface area contributed by atoms with E-state index in [0.717, 1.165) is 4.90 Å². The van der Waals surface area contributed by atoms with Gasteiger partial charge in [0.15, 0.2) is 5.78 Å². The van der Waals surface area contributed by atoms with Crippen LogP contribution >= 0.6 is 0 Å². The molecule has 2 aliphatic rings. The number of aliphatic hydroxyl groups is 1. The largest absolute Gasteiger partial charge is 0.512 e. The molecule has 3 rings (SSSR count). The minimum Gasteiger partial charge on any atom is -0.512 e. The van der Waals surface area contributed by atoms with Crippen LogP contribution in [-0.4, -0.2) is 29.8 Å². The molecule has 1 fully saturated rings. The van der Waals surface area contributed by atoms with Gasteiger partial charge in [-0.25, -0.2) is 4.90 Å². The molecule has 0 bridgehead atoms. The third-order valence-electron chi connectivity index (χ3n) is 4.72. The molecule has 1 atom stereocenters. The number of anilines is 1. The molecule has 1 aliphatic carbocycles. The highest BCUT2D eigenvalue weighted by Crippen LogP contribution is 2.41. The van der Waals surface area contributed by atoms with Crippen LogP contribution < -0.4 is 9.64 Å². The van der Waals surface area contributed by atoms with Gasteiger partial charge in [-0.15, -0.1) is 0 Å². The maximum Gasteiger partial charge on any atom is 0.242 e. The van der Waals surface area contributed by atoms with Gasteiger partial charge in [-0.05, 0) is 29.7 Å². The van der Waals surface area contributed by atoms with Crippen molar-refractivity contribution in [3.8, 4) is 5.75 Å². The quantitative estimate of drug-likeness (QED) is 0.853. The molecule has 1 aliphatic heterocycles. The lowest BCUT2D eigenvalue weighted by Gasteiger charge is -2.30. The minimum atomic E-state index is -0.904. The first-order valence-corrected chi connectivity index (χ1v) is 8.19. The van der Waals surface area contributed by atoms with Crippen LogP contribution in [0.3, 0.4) is 0 Å². The molecule has 0 unspecified atom stereocenters. The molecule has 2 amide bonds. The van der Waals surface area contributed by atoms with E-state index < -0.39 is 11.8 Å². The van der Waals surface area contributed by atoms with Crippen LogP contribution in [0.15, 0.2) is 35.6 Å². The second-order valence-electron chi connectivity index (χ2n) is 7.32.